The maximum Gasteiger partial charge on any atom is 0.253 e. The molecular weight excluding hydrogens is 402 g/mol. The van der Waals surface area contributed by atoms with E-state index in [4.69, 9.17) is 4.74 Å². The highest BCUT2D eigenvalue weighted by molar-refractivity contribution is 7.89. The first-order valence-corrected chi connectivity index (χ1v) is 11.1. The molecule has 0 aromatic heterocycles. The van der Waals surface area contributed by atoms with Gasteiger partial charge in [0.05, 0.1) is 18.1 Å². The maximum atomic E-state index is 12.9. The van der Waals surface area contributed by atoms with Gasteiger partial charge in [0, 0.05) is 38.3 Å². The zero-order valence-electron chi connectivity index (χ0n) is 15.9. The third-order valence-electron chi connectivity index (χ3n) is 6.13. The minimum absolute atomic E-state index is 0. The molecule has 3 fully saturated rings. The van der Waals surface area contributed by atoms with Gasteiger partial charge in [-0.15, -0.1) is 12.4 Å². The van der Waals surface area contributed by atoms with E-state index in [1.807, 2.05) is 4.90 Å². The van der Waals surface area contributed by atoms with E-state index in [9.17, 15) is 13.2 Å². The summed E-state index contributed by atoms with van der Waals surface area (Å²) >= 11 is 0. The summed E-state index contributed by atoms with van der Waals surface area (Å²) in [6.45, 7) is 5.09. The summed E-state index contributed by atoms with van der Waals surface area (Å²) in [7, 11) is -3.59. The average molecular weight is 430 g/mol. The van der Waals surface area contributed by atoms with Crippen LogP contribution in [0.2, 0.25) is 0 Å². The van der Waals surface area contributed by atoms with Gasteiger partial charge in [-0.25, -0.2) is 8.42 Å². The first kappa shape index (κ1) is 21.5. The number of sulfonamides is 1. The molecule has 156 valence electrons. The van der Waals surface area contributed by atoms with Crippen LogP contribution in [0.25, 0.3) is 0 Å². The molecular formula is C19H28ClN3O4S. The van der Waals surface area contributed by atoms with Crippen LogP contribution in [0.1, 0.15) is 29.6 Å². The van der Waals surface area contributed by atoms with Gasteiger partial charge in [0.25, 0.3) is 5.91 Å². The standard InChI is InChI=1S/C19H27N3O4S.ClH/c23-18(21-8-5-19(6-9-21)4-7-20-15-19)16-2-1-3-17(14-16)27(24,25)22-10-12-26-13-11-22;/h1-3,14,20H,4-13,15H2;1H. The van der Waals surface area contributed by atoms with Gasteiger partial charge in [0.2, 0.25) is 10.0 Å². The number of carbonyl (C=O) groups excluding carboxylic acids is 1. The van der Waals surface area contributed by atoms with Crippen molar-refractivity contribution in [1.82, 2.24) is 14.5 Å². The summed E-state index contributed by atoms with van der Waals surface area (Å²) in [4.78, 5) is 15.0. The Morgan fingerprint density at radius 2 is 1.79 bits per heavy atom. The van der Waals surface area contributed by atoms with E-state index in [0.29, 0.717) is 37.3 Å². The molecule has 1 spiro atoms. The highest BCUT2D eigenvalue weighted by Gasteiger charge is 2.38. The zero-order valence-corrected chi connectivity index (χ0v) is 17.6. The van der Waals surface area contributed by atoms with Crippen LogP contribution >= 0.6 is 12.4 Å². The smallest absolute Gasteiger partial charge is 0.253 e. The van der Waals surface area contributed by atoms with Gasteiger partial charge in [-0.3, -0.25) is 4.79 Å². The van der Waals surface area contributed by atoms with Crippen molar-refractivity contribution in [3.05, 3.63) is 29.8 Å². The number of morpholine rings is 1. The summed E-state index contributed by atoms with van der Waals surface area (Å²) in [6.07, 6.45) is 3.21. The third kappa shape index (κ3) is 4.21. The summed E-state index contributed by atoms with van der Waals surface area (Å²) in [6, 6.07) is 6.46. The number of likely N-dealkylation sites (tertiary alicyclic amines) is 1. The molecule has 1 aromatic carbocycles. The van der Waals surface area contributed by atoms with Crippen molar-refractivity contribution in [1.29, 1.82) is 0 Å². The molecule has 0 radical (unpaired) electrons. The van der Waals surface area contributed by atoms with Gasteiger partial charge in [0.15, 0.2) is 0 Å². The lowest BCUT2D eigenvalue weighted by molar-refractivity contribution is 0.0607. The predicted octanol–water partition coefficient (Wildman–Crippen LogP) is 1.35. The topological polar surface area (TPSA) is 79.0 Å². The number of ether oxygens (including phenoxy) is 1. The number of nitrogens with zero attached hydrogens (tertiary/aromatic N) is 2. The van der Waals surface area contributed by atoms with Gasteiger partial charge in [0.1, 0.15) is 0 Å². The fourth-order valence-electron chi connectivity index (χ4n) is 4.31. The van der Waals surface area contributed by atoms with Crippen LogP contribution in [0.3, 0.4) is 0 Å². The van der Waals surface area contributed by atoms with Gasteiger partial charge < -0.3 is 15.0 Å². The quantitative estimate of drug-likeness (QED) is 0.784. The predicted molar refractivity (Wildman–Crippen MR) is 108 cm³/mol. The normalized spacial score (nSPS) is 22.8. The number of hydrogen-bond donors (Lipinski definition) is 1. The molecule has 1 aromatic rings. The average Bonchev–Trinajstić information content (AvgIpc) is 3.17. The van der Waals surface area contributed by atoms with Crippen molar-refractivity contribution >= 4 is 28.3 Å². The lowest BCUT2D eigenvalue weighted by Crippen LogP contribution is -2.44. The zero-order chi connectivity index (χ0) is 18.9. The number of piperidine rings is 1. The third-order valence-corrected chi connectivity index (χ3v) is 8.03. The number of carbonyl (C=O) groups is 1. The van der Waals surface area contributed by atoms with E-state index in [-0.39, 0.29) is 23.2 Å². The molecule has 0 unspecified atom stereocenters. The van der Waals surface area contributed by atoms with Crippen LogP contribution in [0, 0.1) is 5.41 Å². The molecule has 0 aliphatic carbocycles. The highest BCUT2D eigenvalue weighted by atomic mass is 35.5. The van der Waals surface area contributed by atoms with Crippen LogP contribution in [0.4, 0.5) is 0 Å². The minimum atomic E-state index is -3.59. The van der Waals surface area contributed by atoms with Crippen LogP contribution < -0.4 is 5.32 Å². The van der Waals surface area contributed by atoms with E-state index in [1.54, 1.807) is 18.2 Å². The highest BCUT2D eigenvalue weighted by Crippen LogP contribution is 2.37. The molecule has 3 aliphatic rings. The van der Waals surface area contributed by atoms with E-state index in [0.717, 1.165) is 39.0 Å². The Morgan fingerprint density at radius 1 is 1.07 bits per heavy atom. The fourth-order valence-corrected chi connectivity index (χ4v) is 5.77. The number of rotatable bonds is 3. The lowest BCUT2D eigenvalue weighted by Gasteiger charge is -2.39. The van der Waals surface area contributed by atoms with Crippen molar-refractivity contribution in [3.63, 3.8) is 0 Å². The summed E-state index contributed by atoms with van der Waals surface area (Å²) in [5.41, 5.74) is 0.794. The molecule has 1 N–H and O–H groups in total. The Kier molecular flexibility index (Phi) is 6.66. The molecule has 9 heteroatoms. The van der Waals surface area contributed by atoms with Crippen LogP contribution in [-0.4, -0.2) is 76.0 Å². The maximum absolute atomic E-state index is 12.9. The number of hydrogen-bond acceptors (Lipinski definition) is 5. The number of nitrogens with one attached hydrogen (secondary N) is 1. The second-order valence-electron chi connectivity index (χ2n) is 7.76. The van der Waals surface area contributed by atoms with Crippen molar-refractivity contribution < 1.29 is 17.9 Å². The van der Waals surface area contributed by atoms with Crippen molar-refractivity contribution in [2.75, 3.05) is 52.5 Å². The van der Waals surface area contributed by atoms with Gasteiger partial charge in [-0.2, -0.15) is 4.31 Å². The van der Waals surface area contributed by atoms with Crippen LogP contribution in [0.15, 0.2) is 29.2 Å². The lowest BCUT2D eigenvalue weighted by atomic mass is 9.78. The Hall–Kier alpha value is -1.19. The van der Waals surface area contributed by atoms with Crippen LogP contribution in [0.5, 0.6) is 0 Å². The molecule has 0 atom stereocenters. The van der Waals surface area contributed by atoms with Crippen molar-refractivity contribution in [3.8, 4) is 0 Å². The summed E-state index contributed by atoms with van der Waals surface area (Å²) in [5, 5.41) is 3.43. The van der Waals surface area contributed by atoms with E-state index < -0.39 is 10.0 Å². The fraction of sp³-hybridized carbons (Fsp3) is 0.632. The molecule has 7 nitrogen and oxygen atoms in total. The summed E-state index contributed by atoms with van der Waals surface area (Å²) < 4.78 is 32.4. The second kappa shape index (κ2) is 8.67. The molecule has 1 amide bonds. The van der Waals surface area contributed by atoms with E-state index >= 15 is 0 Å². The molecule has 3 heterocycles. The monoisotopic (exact) mass is 429 g/mol. The number of benzene rings is 1. The van der Waals surface area contributed by atoms with E-state index in [1.165, 1.54) is 16.8 Å². The SMILES string of the molecule is Cl.O=C(c1cccc(S(=O)(=O)N2CCOCC2)c1)N1CCC2(CCNC2)CC1. The minimum Gasteiger partial charge on any atom is -0.379 e. The second-order valence-corrected chi connectivity index (χ2v) is 9.70. The first-order valence-electron chi connectivity index (χ1n) is 9.68. The van der Waals surface area contributed by atoms with E-state index in [2.05, 4.69) is 5.32 Å². The number of halogens is 1. The Bertz CT molecular complexity index is 795. The molecule has 3 saturated heterocycles. The molecule has 28 heavy (non-hydrogen) atoms. The van der Waals surface area contributed by atoms with Gasteiger partial charge in [-0.05, 0) is 49.4 Å². The van der Waals surface area contributed by atoms with Gasteiger partial charge >= 0.3 is 0 Å². The Labute approximate surface area is 172 Å². The summed E-state index contributed by atoms with van der Waals surface area (Å²) in [5.74, 6) is -0.0742. The number of amides is 1. The largest absolute Gasteiger partial charge is 0.379 e. The Balaban J connectivity index is 0.00000225. The van der Waals surface area contributed by atoms with Gasteiger partial charge in [-0.1, -0.05) is 6.07 Å². The molecule has 3 aliphatic heterocycles. The van der Waals surface area contributed by atoms with Crippen molar-refractivity contribution in [2.24, 2.45) is 5.41 Å². The molecule has 0 saturated carbocycles. The van der Waals surface area contributed by atoms with Crippen molar-refractivity contribution in [2.45, 2.75) is 24.2 Å². The first-order chi connectivity index (χ1) is 13.0. The molecule has 4 rings (SSSR count). The molecule has 0 bridgehead atoms. The Morgan fingerprint density at radius 3 is 2.43 bits per heavy atom. The van der Waals surface area contributed by atoms with Crippen LogP contribution in [-0.2, 0) is 14.8 Å².